The van der Waals surface area contributed by atoms with Crippen LogP contribution < -0.4 is 0 Å². The molecule has 0 saturated heterocycles. The zero-order valence-electron chi connectivity index (χ0n) is 18.3. The molecule has 0 aromatic heterocycles. The Bertz CT molecular complexity index is 239. The van der Waals surface area contributed by atoms with Crippen LogP contribution in [0.1, 0.15) is 92.4 Å². The van der Waals surface area contributed by atoms with Crippen LogP contribution in [0.3, 0.4) is 0 Å². The van der Waals surface area contributed by atoms with Gasteiger partial charge in [0.25, 0.3) is 0 Å². The second kappa shape index (κ2) is 21.7. The summed E-state index contributed by atoms with van der Waals surface area (Å²) in [5.41, 5.74) is 0. The highest BCUT2D eigenvalue weighted by Gasteiger charge is 2.18. The Kier molecular flexibility index (Phi) is 28.2. The lowest BCUT2D eigenvalue weighted by atomic mass is 10.1. The monoisotopic (exact) mass is 408 g/mol. The summed E-state index contributed by atoms with van der Waals surface area (Å²) in [7, 11) is 1.26. The summed E-state index contributed by atoms with van der Waals surface area (Å²) in [5, 5.41) is 0. The fraction of sp³-hybridized carbons (Fsp3) is 1.00. The van der Waals surface area contributed by atoms with Crippen LogP contribution in [0.2, 0.25) is 38.8 Å². The molecule has 0 aliphatic heterocycles. The molecule has 0 bridgehead atoms. The predicted octanol–water partition coefficient (Wildman–Crippen LogP) is 8.89. The summed E-state index contributed by atoms with van der Waals surface area (Å²) >= 11 is 0. The fourth-order valence-electron chi connectivity index (χ4n) is 2.32. The van der Waals surface area contributed by atoms with Crippen LogP contribution in [0.15, 0.2) is 0 Å². The van der Waals surface area contributed by atoms with Gasteiger partial charge in [-0.15, -0.1) is 0 Å². The lowest BCUT2D eigenvalue weighted by molar-refractivity contribution is 0.400. The van der Waals surface area contributed by atoms with E-state index in [4.69, 9.17) is 8.85 Å². The summed E-state index contributed by atoms with van der Waals surface area (Å²) in [4.78, 5) is 0. The van der Waals surface area contributed by atoms with E-state index in [1.807, 2.05) is 7.11 Å². The highest BCUT2D eigenvalue weighted by molar-refractivity contribution is 6.71. The van der Waals surface area contributed by atoms with E-state index in [0.717, 1.165) is 0 Å². The molecule has 1 aliphatic rings. The highest BCUT2D eigenvalue weighted by atomic mass is 28.4. The van der Waals surface area contributed by atoms with Crippen molar-refractivity contribution < 1.29 is 8.85 Å². The largest absolute Gasteiger partial charge is 0.421 e. The van der Waals surface area contributed by atoms with Crippen LogP contribution in [-0.2, 0) is 8.85 Å². The van der Waals surface area contributed by atoms with Crippen LogP contribution >= 0.6 is 0 Å². The third-order valence-electron chi connectivity index (χ3n) is 4.55. The lowest BCUT2D eigenvalue weighted by Gasteiger charge is -2.19. The van der Waals surface area contributed by atoms with E-state index in [1.54, 1.807) is 7.11 Å². The molecule has 0 unspecified atom stereocenters. The molecular weight excluding hydrogens is 352 g/mol. The zero-order valence-corrected chi connectivity index (χ0v) is 20.3. The van der Waals surface area contributed by atoms with Gasteiger partial charge in [-0.3, -0.25) is 0 Å². The topological polar surface area (TPSA) is 18.5 Å². The Morgan fingerprint density at radius 3 is 1.27 bits per heavy atom. The maximum atomic E-state index is 5.50. The van der Waals surface area contributed by atoms with Crippen LogP contribution in [-0.4, -0.2) is 30.9 Å². The van der Waals surface area contributed by atoms with Crippen LogP contribution in [0.25, 0.3) is 0 Å². The van der Waals surface area contributed by atoms with Gasteiger partial charge in [0.2, 0.25) is 0 Å². The van der Waals surface area contributed by atoms with Crippen molar-refractivity contribution in [1.29, 1.82) is 0 Å². The minimum absolute atomic E-state index is 0. The van der Waals surface area contributed by atoms with Crippen LogP contribution in [0.5, 0.6) is 0 Å². The van der Waals surface area contributed by atoms with E-state index in [1.165, 1.54) is 76.7 Å². The summed E-state index contributed by atoms with van der Waals surface area (Å²) in [6.45, 7) is 13.4. The first-order valence-electron chi connectivity index (χ1n) is 10.3. The van der Waals surface area contributed by atoms with Crippen molar-refractivity contribution in [3.05, 3.63) is 0 Å². The van der Waals surface area contributed by atoms with Gasteiger partial charge in [0.05, 0.1) is 0 Å². The van der Waals surface area contributed by atoms with E-state index in [2.05, 4.69) is 39.7 Å². The van der Waals surface area contributed by atoms with Gasteiger partial charge >= 0.3 is 0 Å². The molecule has 164 valence electrons. The Morgan fingerprint density at radius 2 is 0.962 bits per heavy atom. The Labute approximate surface area is 171 Å². The SMILES string of the molecule is C.C.C1CCCC1.CCCCCCCC[Si](C)(C)OC.CO[Si](C)(C)C. The molecule has 1 aliphatic carbocycles. The molecule has 2 nitrogen and oxygen atoms in total. The van der Waals surface area contributed by atoms with Gasteiger partial charge in [-0.1, -0.05) is 92.4 Å². The summed E-state index contributed by atoms with van der Waals surface area (Å²) in [6, 6.07) is 1.33. The molecule has 0 spiro atoms. The maximum absolute atomic E-state index is 5.50. The first-order valence-corrected chi connectivity index (χ1v) is 16.8. The quantitative estimate of drug-likeness (QED) is 0.280. The molecule has 0 amide bonds. The molecule has 0 atom stereocenters. The average molecular weight is 409 g/mol. The van der Waals surface area contributed by atoms with Gasteiger partial charge < -0.3 is 8.85 Å². The van der Waals surface area contributed by atoms with Crippen molar-refractivity contribution in [2.45, 2.75) is 131 Å². The third kappa shape index (κ3) is 32.1. The first-order chi connectivity index (χ1) is 11.2. The normalized spacial score (nSPS) is 13.4. The van der Waals surface area contributed by atoms with Gasteiger partial charge in [0.15, 0.2) is 16.6 Å². The lowest BCUT2D eigenvalue weighted by Crippen LogP contribution is -2.27. The van der Waals surface area contributed by atoms with Crippen molar-refractivity contribution in [2.24, 2.45) is 0 Å². The van der Waals surface area contributed by atoms with E-state index in [-0.39, 0.29) is 14.9 Å². The van der Waals surface area contributed by atoms with Gasteiger partial charge in [-0.2, -0.15) is 0 Å². The van der Waals surface area contributed by atoms with Crippen molar-refractivity contribution in [3.8, 4) is 0 Å². The fourth-order valence-corrected chi connectivity index (χ4v) is 3.62. The molecule has 0 aromatic carbocycles. The molecular formula is C22H56O2Si2. The standard InChI is InChI=1S/C11H26OSi.C5H10.C4H12OSi.2CH4/c1-5-6-7-8-9-10-11-13(3,4)12-2;1-2-4-5-3-1;1-5-6(2,3)4;;/h5-11H2,1-4H3;1-5H2;1-4H3;2*1H4. The molecule has 0 heterocycles. The van der Waals surface area contributed by atoms with E-state index in [9.17, 15) is 0 Å². The Morgan fingerprint density at radius 1 is 0.615 bits per heavy atom. The third-order valence-corrected chi connectivity index (χ3v) is 8.43. The molecule has 1 saturated carbocycles. The van der Waals surface area contributed by atoms with E-state index < -0.39 is 16.6 Å². The summed E-state index contributed by atoms with van der Waals surface area (Å²) in [6.07, 6.45) is 15.9. The zero-order chi connectivity index (χ0) is 18.9. The number of unbranched alkanes of at least 4 members (excludes halogenated alkanes) is 5. The maximum Gasteiger partial charge on any atom is 0.186 e. The number of rotatable bonds is 9. The minimum Gasteiger partial charge on any atom is -0.421 e. The molecule has 0 N–H and O–H groups in total. The second-order valence-electron chi connectivity index (χ2n) is 8.57. The van der Waals surface area contributed by atoms with Gasteiger partial charge in [0.1, 0.15) is 0 Å². The Hall–Kier alpha value is 0.354. The number of hydrogen-bond donors (Lipinski definition) is 0. The average Bonchev–Trinajstić information content (AvgIpc) is 3.10. The van der Waals surface area contributed by atoms with Gasteiger partial charge in [-0.05, 0) is 38.8 Å². The molecule has 0 aromatic rings. The van der Waals surface area contributed by atoms with Gasteiger partial charge in [0, 0.05) is 14.2 Å². The van der Waals surface area contributed by atoms with Crippen molar-refractivity contribution in [3.63, 3.8) is 0 Å². The smallest absolute Gasteiger partial charge is 0.186 e. The second-order valence-corrected chi connectivity index (χ2v) is 17.6. The van der Waals surface area contributed by atoms with Crippen molar-refractivity contribution in [1.82, 2.24) is 0 Å². The van der Waals surface area contributed by atoms with Crippen molar-refractivity contribution in [2.75, 3.05) is 14.2 Å². The van der Waals surface area contributed by atoms with Crippen molar-refractivity contribution >= 4 is 16.6 Å². The molecule has 1 fully saturated rings. The summed E-state index contributed by atoms with van der Waals surface area (Å²) in [5.74, 6) is 0. The molecule has 4 heteroatoms. The first kappa shape index (κ1) is 33.9. The molecule has 1 rings (SSSR count). The van der Waals surface area contributed by atoms with E-state index >= 15 is 0 Å². The minimum atomic E-state index is -1.25. The van der Waals surface area contributed by atoms with Crippen LogP contribution in [0, 0.1) is 0 Å². The predicted molar refractivity (Wildman–Crippen MR) is 130 cm³/mol. The van der Waals surface area contributed by atoms with E-state index in [0.29, 0.717) is 0 Å². The number of hydrogen-bond acceptors (Lipinski definition) is 2. The summed E-state index contributed by atoms with van der Waals surface area (Å²) < 4.78 is 10.6. The highest BCUT2D eigenvalue weighted by Crippen LogP contribution is 2.16. The van der Waals surface area contributed by atoms with Gasteiger partial charge in [-0.25, -0.2) is 0 Å². The van der Waals surface area contributed by atoms with Crippen LogP contribution in [0.4, 0.5) is 0 Å². The molecule has 0 radical (unpaired) electrons. The Balaban J connectivity index is -0.000000155. The molecule has 26 heavy (non-hydrogen) atoms.